The van der Waals surface area contributed by atoms with Gasteiger partial charge in [0.25, 0.3) is 0 Å². The van der Waals surface area contributed by atoms with Crippen LogP contribution < -0.4 is 10.6 Å². The number of aryl methyl sites for hydroxylation is 6. The van der Waals surface area contributed by atoms with Crippen molar-refractivity contribution < 1.29 is 4.79 Å². The summed E-state index contributed by atoms with van der Waals surface area (Å²) in [7, 11) is 0. The van der Waals surface area contributed by atoms with Gasteiger partial charge in [0.05, 0.1) is 11.4 Å². The Morgan fingerprint density at radius 3 is 1.23 bits per heavy atom. The Balaban J connectivity index is 2.76. The summed E-state index contributed by atoms with van der Waals surface area (Å²) < 4.78 is 0. The maximum atomic E-state index is 12.2. The summed E-state index contributed by atoms with van der Waals surface area (Å²) in [5, 5.41) is 0. The third kappa shape index (κ3) is 2.84. The summed E-state index contributed by atoms with van der Waals surface area (Å²) >= 11 is 0. The molecular weight excluding hydrogens is 272 g/mol. The number of hydrogen-bond donors (Lipinski definition) is 1. The monoisotopic (exact) mass is 296 g/mol. The topological polar surface area (TPSA) is 46.3 Å². The van der Waals surface area contributed by atoms with Crippen molar-refractivity contribution in [1.82, 2.24) is 0 Å². The van der Waals surface area contributed by atoms with Crippen molar-refractivity contribution in [3.8, 4) is 0 Å². The van der Waals surface area contributed by atoms with Crippen LogP contribution >= 0.6 is 0 Å². The van der Waals surface area contributed by atoms with Crippen LogP contribution in [0.25, 0.3) is 0 Å². The Bertz CT molecular complexity index is 644. The molecule has 0 saturated carbocycles. The van der Waals surface area contributed by atoms with E-state index in [-0.39, 0.29) is 0 Å². The molecule has 0 aliphatic heterocycles. The molecule has 2 aromatic rings. The summed E-state index contributed by atoms with van der Waals surface area (Å²) in [5.41, 5.74) is 14.1. The molecule has 116 valence electrons. The first-order valence-corrected chi connectivity index (χ1v) is 7.47. The van der Waals surface area contributed by atoms with Crippen molar-refractivity contribution in [3.05, 3.63) is 57.6 Å². The number of benzene rings is 2. The fourth-order valence-corrected chi connectivity index (χ4v) is 3.38. The second-order valence-electron chi connectivity index (χ2n) is 6.17. The lowest BCUT2D eigenvalue weighted by Crippen LogP contribution is -2.33. The molecule has 0 fully saturated rings. The standard InChI is InChI=1S/C19H24N2O/c1-11-7-13(3)17(14(4)8-11)21(19(20)22)18-15(5)9-12(2)10-16(18)6/h7-10H,1-6H3,(H2,20,22). The van der Waals surface area contributed by atoms with Crippen molar-refractivity contribution in [2.24, 2.45) is 5.73 Å². The first kappa shape index (κ1) is 16.1. The highest BCUT2D eigenvalue weighted by molar-refractivity contribution is 6.01. The third-order valence-electron chi connectivity index (χ3n) is 3.94. The van der Waals surface area contributed by atoms with Crippen molar-refractivity contribution in [2.45, 2.75) is 41.5 Å². The van der Waals surface area contributed by atoms with Crippen LogP contribution in [0.4, 0.5) is 16.2 Å². The van der Waals surface area contributed by atoms with E-state index in [9.17, 15) is 4.79 Å². The van der Waals surface area contributed by atoms with Crippen LogP contribution in [0.15, 0.2) is 24.3 Å². The second-order valence-corrected chi connectivity index (χ2v) is 6.17. The average Bonchev–Trinajstić information content (AvgIpc) is 2.34. The van der Waals surface area contributed by atoms with Gasteiger partial charge < -0.3 is 5.73 Å². The zero-order chi connectivity index (χ0) is 16.6. The molecule has 0 aromatic heterocycles. The smallest absolute Gasteiger partial charge is 0.323 e. The van der Waals surface area contributed by atoms with Crippen molar-refractivity contribution >= 4 is 17.4 Å². The molecule has 2 rings (SSSR count). The van der Waals surface area contributed by atoms with Crippen molar-refractivity contribution in [2.75, 3.05) is 4.90 Å². The maximum absolute atomic E-state index is 12.2. The van der Waals surface area contributed by atoms with Gasteiger partial charge in [0.2, 0.25) is 0 Å². The largest absolute Gasteiger partial charge is 0.351 e. The molecule has 0 unspecified atom stereocenters. The summed E-state index contributed by atoms with van der Waals surface area (Å²) in [5.74, 6) is 0. The van der Waals surface area contributed by atoms with Gasteiger partial charge >= 0.3 is 6.03 Å². The number of nitrogens with two attached hydrogens (primary N) is 1. The zero-order valence-corrected chi connectivity index (χ0v) is 14.2. The van der Waals surface area contributed by atoms with Crippen LogP contribution in [0.5, 0.6) is 0 Å². The molecule has 3 nitrogen and oxygen atoms in total. The molecule has 0 heterocycles. The number of urea groups is 1. The molecule has 0 bridgehead atoms. The number of amides is 2. The molecular formula is C19H24N2O. The molecule has 3 heteroatoms. The normalized spacial score (nSPS) is 10.6. The van der Waals surface area contributed by atoms with Gasteiger partial charge in [0.15, 0.2) is 0 Å². The zero-order valence-electron chi connectivity index (χ0n) is 14.2. The molecule has 0 aliphatic carbocycles. The minimum atomic E-state index is -0.454. The van der Waals surface area contributed by atoms with Gasteiger partial charge in [-0.3, -0.25) is 4.90 Å². The fourth-order valence-electron chi connectivity index (χ4n) is 3.38. The number of rotatable bonds is 2. The van der Waals surface area contributed by atoms with Crippen LogP contribution in [-0.4, -0.2) is 6.03 Å². The van der Waals surface area contributed by atoms with E-state index < -0.39 is 6.03 Å². The number of carbonyl (C=O) groups is 1. The maximum Gasteiger partial charge on any atom is 0.323 e. The average molecular weight is 296 g/mol. The van der Waals surface area contributed by atoms with Gasteiger partial charge in [-0.05, 0) is 63.8 Å². The molecule has 0 saturated heterocycles. The molecule has 2 aromatic carbocycles. The summed E-state index contributed by atoms with van der Waals surface area (Å²) in [6.07, 6.45) is 0. The molecule has 2 N–H and O–H groups in total. The second kappa shape index (κ2) is 5.84. The minimum Gasteiger partial charge on any atom is -0.351 e. The fraction of sp³-hybridized carbons (Fsp3) is 0.316. The lowest BCUT2D eigenvalue weighted by atomic mass is 10.00. The van der Waals surface area contributed by atoms with Gasteiger partial charge in [-0.15, -0.1) is 0 Å². The van der Waals surface area contributed by atoms with Crippen LogP contribution in [-0.2, 0) is 0 Å². The molecule has 0 radical (unpaired) electrons. The van der Waals surface area contributed by atoms with Gasteiger partial charge in [-0.2, -0.15) is 0 Å². The van der Waals surface area contributed by atoms with E-state index in [2.05, 4.69) is 38.1 Å². The number of nitrogens with zero attached hydrogens (tertiary/aromatic N) is 1. The van der Waals surface area contributed by atoms with E-state index in [1.54, 1.807) is 4.90 Å². The van der Waals surface area contributed by atoms with E-state index >= 15 is 0 Å². The quantitative estimate of drug-likeness (QED) is 0.853. The van der Waals surface area contributed by atoms with E-state index in [0.717, 1.165) is 33.6 Å². The highest BCUT2D eigenvalue weighted by atomic mass is 16.2. The van der Waals surface area contributed by atoms with Crippen LogP contribution in [0, 0.1) is 41.5 Å². The lowest BCUT2D eigenvalue weighted by Gasteiger charge is -2.28. The van der Waals surface area contributed by atoms with Crippen molar-refractivity contribution in [1.29, 1.82) is 0 Å². The molecule has 0 aliphatic rings. The lowest BCUT2D eigenvalue weighted by molar-refractivity contribution is 0.256. The third-order valence-corrected chi connectivity index (χ3v) is 3.94. The van der Waals surface area contributed by atoms with E-state index in [1.165, 1.54) is 11.1 Å². The van der Waals surface area contributed by atoms with Gasteiger partial charge in [-0.1, -0.05) is 35.4 Å². The Hall–Kier alpha value is -2.29. The highest BCUT2D eigenvalue weighted by Gasteiger charge is 2.22. The predicted molar refractivity (Wildman–Crippen MR) is 93.0 cm³/mol. The Morgan fingerprint density at radius 1 is 0.727 bits per heavy atom. The predicted octanol–water partition coefficient (Wildman–Crippen LogP) is 4.75. The van der Waals surface area contributed by atoms with Crippen LogP contribution in [0.2, 0.25) is 0 Å². The first-order valence-electron chi connectivity index (χ1n) is 7.47. The number of primary amides is 1. The summed E-state index contributed by atoms with van der Waals surface area (Å²) in [6.45, 7) is 12.2. The highest BCUT2D eigenvalue weighted by Crippen LogP contribution is 2.36. The van der Waals surface area contributed by atoms with Gasteiger partial charge in [-0.25, -0.2) is 4.79 Å². The SMILES string of the molecule is Cc1cc(C)c(N(C(N)=O)c2c(C)cc(C)cc2C)c(C)c1. The molecule has 2 amide bonds. The number of hydrogen-bond acceptors (Lipinski definition) is 1. The summed E-state index contributed by atoms with van der Waals surface area (Å²) in [4.78, 5) is 13.9. The Labute approximate surface area is 132 Å². The van der Waals surface area contributed by atoms with Gasteiger partial charge in [0.1, 0.15) is 0 Å². The summed E-state index contributed by atoms with van der Waals surface area (Å²) in [6, 6.07) is 7.87. The molecule has 0 atom stereocenters. The molecule has 0 spiro atoms. The van der Waals surface area contributed by atoms with E-state index in [0.29, 0.717) is 0 Å². The Kier molecular flexibility index (Phi) is 4.27. The number of anilines is 2. The first-order chi connectivity index (χ1) is 10.2. The Morgan fingerprint density at radius 2 is 1.00 bits per heavy atom. The van der Waals surface area contributed by atoms with Crippen LogP contribution in [0.1, 0.15) is 33.4 Å². The minimum absolute atomic E-state index is 0.454. The van der Waals surface area contributed by atoms with Crippen LogP contribution in [0.3, 0.4) is 0 Å². The van der Waals surface area contributed by atoms with E-state index in [4.69, 9.17) is 5.73 Å². The number of carbonyl (C=O) groups excluding carboxylic acids is 1. The van der Waals surface area contributed by atoms with E-state index in [1.807, 2.05) is 27.7 Å². The van der Waals surface area contributed by atoms with Crippen molar-refractivity contribution in [3.63, 3.8) is 0 Å². The molecule has 22 heavy (non-hydrogen) atoms. The van der Waals surface area contributed by atoms with Gasteiger partial charge in [0, 0.05) is 0 Å².